The smallest absolute Gasteiger partial charge is 0.253 e. The number of rotatable bonds is 7. The topological polar surface area (TPSA) is 42.4 Å². The monoisotopic (exact) mass is 296 g/mol. The minimum absolute atomic E-state index is 0.0426. The fourth-order valence-corrected chi connectivity index (χ4v) is 2.14. The Morgan fingerprint density at radius 2 is 2.25 bits per heavy atom. The third-order valence-corrected chi connectivity index (χ3v) is 3.62. The van der Waals surface area contributed by atoms with Gasteiger partial charge in [0.05, 0.1) is 6.61 Å². The van der Waals surface area contributed by atoms with Crippen molar-refractivity contribution >= 4 is 17.5 Å². The number of hydrogen-bond donors (Lipinski definition) is 0. The van der Waals surface area contributed by atoms with Crippen molar-refractivity contribution in [3.05, 3.63) is 28.5 Å². The van der Waals surface area contributed by atoms with E-state index in [2.05, 4.69) is 4.98 Å². The number of aryl methyl sites for hydroxylation is 1. The number of pyridine rings is 1. The van der Waals surface area contributed by atoms with Gasteiger partial charge in [-0.25, -0.2) is 4.98 Å². The quantitative estimate of drug-likeness (QED) is 0.574. The van der Waals surface area contributed by atoms with Crippen LogP contribution in [-0.2, 0) is 11.2 Å². The third-order valence-electron chi connectivity index (χ3n) is 3.42. The lowest BCUT2D eigenvalue weighted by Crippen LogP contribution is -2.30. The highest BCUT2D eigenvalue weighted by atomic mass is 35.5. The first-order valence-corrected chi connectivity index (χ1v) is 7.47. The van der Waals surface area contributed by atoms with Crippen LogP contribution in [0.5, 0.6) is 0 Å². The van der Waals surface area contributed by atoms with Gasteiger partial charge in [0.15, 0.2) is 0 Å². The Hall–Kier alpha value is -1.13. The Balaban J connectivity index is 1.86. The number of likely N-dealkylation sites (N-methyl/N-ethyl adjacent to an activating group) is 1. The molecule has 1 aliphatic carbocycles. The van der Waals surface area contributed by atoms with Crippen molar-refractivity contribution in [3.8, 4) is 0 Å². The summed E-state index contributed by atoms with van der Waals surface area (Å²) in [6, 6.07) is 3.42. The van der Waals surface area contributed by atoms with Crippen molar-refractivity contribution in [2.45, 2.75) is 26.2 Å². The second kappa shape index (κ2) is 7.04. The number of nitrogens with zero attached hydrogens (tertiary/aromatic N) is 2. The van der Waals surface area contributed by atoms with Crippen molar-refractivity contribution in [3.63, 3.8) is 0 Å². The maximum Gasteiger partial charge on any atom is 0.253 e. The van der Waals surface area contributed by atoms with E-state index in [4.69, 9.17) is 16.3 Å². The van der Waals surface area contributed by atoms with Crippen LogP contribution in [0.2, 0.25) is 5.15 Å². The van der Waals surface area contributed by atoms with Gasteiger partial charge >= 0.3 is 0 Å². The van der Waals surface area contributed by atoms with Gasteiger partial charge in [0.1, 0.15) is 5.15 Å². The molecule has 0 saturated heterocycles. The maximum absolute atomic E-state index is 12.3. The number of hydrogen-bond acceptors (Lipinski definition) is 3. The fraction of sp³-hybridized carbons (Fsp3) is 0.600. The van der Waals surface area contributed by atoms with Crippen LogP contribution in [0.1, 0.15) is 35.8 Å². The summed E-state index contributed by atoms with van der Waals surface area (Å²) in [6.07, 6.45) is 3.32. The van der Waals surface area contributed by atoms with Crippen molar-refractivity contribution < 1.29 is 9.53 Å². The van der Waals surface area contributed by atoms with Gasteiger partial charge in [0.2, 0.25) is 0 Å². The summed E-state index contributed by atoms with van der Waals surface area (Å²) in [7, 11) is 1.78. The van der Waals surface area contributed by atoms with Gasteiger partial charge in [-0.1, -0.05) is 18.5 Å². The van der Waals surface area contributed by atoms with Crippen LogP contribution in [0.15, 0.2) is 12.1 Å². The molecule has 5 heteroatoms. The van der Waals surface area contributed by atoms with E-state index in [-0.39, 0.29) is 5.91 Å². The molecule has 0 N–H and O–H groups in total. The van der Waals surface area contributed by atoms with Crippen molar-refractivity contribution in [1.29, 1.82) is 0 Å². The molecule has 1 aromatic heterocycles. The average Bonchev–Trinajstić information content (AvgIpc) is 3.25. The molecule has 0 aliphatic heterocycles. The van der Waals surface area contributed by atoms with E-state index in [1.54, 1.807) is 24.1 Å². The first-order valence-electron chi connectivity index (χ1n) is 7.09. The molecule has 1 aromatic rings. The Kier molecular flexibility index (Phi) is 5.38. The van der Waals surface area contributed by atoms with E-state index in [0.29, 0.717) is 23.9 Å². The summed E-state index contributed by atoms with van der Waals surface area (Å²) in [6.45, 7) is 3.98. The van der Waals surface area contributed by atoms with Gasteiger partial charge < -0.3 is 9.64 Å². The summed E-state index contributed by atoms with van der Waals surface area (Å²) in [5.74, 6) is 0.709. The maximum atomic E-state index is 12.3. The van der Waals surface area contributed by atoms with Crippen molar-refractivity contribution in [1.82, 2.24) is 9.88 Å². The molecule has 0 unspecified atom stereocenters. The molecule has 0 aromatic carbocycles. The molecule has 1 saturated carbocycles. The number of aromatic nitrogens is 1. The summed E-state index contributed by atoms with van der Waals surface area (Å²) in [4.78, 5) is 18.1. The average molecular weight is 297 g/mol. The predicted molar refractivity (Wildman–Crippen MR) is 79.1 cm³/mol. The van der Waals surface area contributed by atoms with E-state index >= 15 is 0 Å². The number of carbonyl (C=O) groups excluding carboxylic acids is 1. The summed E-state index contributed by atoms with van der Waals surface area (Å²) in [5, 5.41) is 0.367. The SMILES string of the molecule is CCc1cc(C(=O)N(C)CCOCC2CC2)cc(Cl)n1. The highest BCUT2D eigenvalue weighted by Gasteiger charge is 2.21. The highest BCUT2D eigenvalue weighted by molar-refractivity contribution is 6.29. The standard InChI is InChI=1S/C15H21ClN2O2/c1-3-13-8-12(9-14(16)17-13)15(19)18(2)6-7-20-10-11-4-5-11/h8-9,11H,3-7,10H2,1-2H3. The van der Waals surface area contributed by atoms with Gasteiger partial charge in [-0.05, 0) is 37.3 Å². The van der Waals surface area contributed by atoms with E-state index in [1.165, 1.54) is 12.8 Å². The Labute approximate surface area is 125 Å². The van der Waals surface area contributed by atoms with Crippen LogP contribution >= 0.6 is 11.6 Å². The number of carbonyl (C=O) groups is 1. The van der Waals surface area contributed by atoms with E-state index < -0.39 is 0 Å². The summed E-state index contributed by atoms with van der Waals surface area (Å²) in [5.41, 5.74) is 1.42. The zero-order chi connectivity index (χ0) is 14.5. The lowest BCUT2D eigenvalue weighted by atomic mass is 10.2. The molecule has 2 rings (SSSR count). The molecule has 0 spiro atoms. The molecular weight excluding hydrogens is 276 g/mol. The molecule has 4 nitrogen and oxygen atoms in total. The second-order valence-corrected chi connectivity index (χ2v) is 5.66. The lowest BCUT2D eigenvalue weighted by Gasteiger charge is -2.17. The van der Waals surface area contributed by atoms with Crippen molar-refractivity contribution in [2.75, 3.05) is 26.8 Å². The number of halogens is 1. The normalized spacial score (nSPS) is 14.3. The predicted octanol–water partition coefficient (Wildman–Crippen LogP) is 2.80. The van der Waals surface area contributed by atoms with Crippen LogP contribution in [0.4, 0.5) is 0 Å². The summed E-state index contributed by atoms with van der Waals surface area (Å²) >= 11 is 5.94. The molecule has 0 radical (unpaired) electrons. The van der Waals surface area contributed by atoms with Crippen LogP contribution in [0, 0.1) is 5.92 Å². The van der Waals surface area contributed by atoms with Crippen LogP contribution in [0.25, 0.3) is 0 Å². The molecule has 1 fully saturated rings. The second-order valence-electron chi connectivity index (χ2n) is 5.27. The molecule has 0 bridgehead atoms. The van der Waals surface area contributed by atoms with Gasteiger partial charge in [0.25, 0.3) is 5.91 Å². The highest BCUT2D eigenvalue weighted by Crippen LogP contribution is 2.28. The van der Waals surface area contributed by atoms with Gasteiger partial charge in [-0.2, -0.15) is 0 Å². The zero-order valence-corrected chi connectivity index (χ0v) is 12.8. The van der Waals surface area contributed by atoms with Gasteiger partial charge in [0, 0.05) is 31.5 Å². The van der Waals surface area contributed by atoms with Crippen molar-refractivity contribution in [2.24, 2.45) is 5.92 Å². The first kappa shape index (κ1) is 15.3. The Morgan fingerprint density at radius 3 is 2.90 bits per heavy atom. The number of amides is 1. The third kappa shape index (κ3) is 4.46. The molecule has 20 heavy (non-hydrogen) atoms. The molecule has 1 amide bonds. The van der Waals surface area contributed by atoms with Gasteiger partial charge in [-0.15, -0.1) is 0 Å². The molecule has 110 valence electrons. The molecular formula is C15H21ClN2O2. The fourth-order valence-electron chi connectivity index (χ4n) is 1.91. The molecule has 1 heterocycles. The van der Waals surface area contributed by atoms with E-state index in [9.17, 15) is 4.79 Å². The van der Waals surface area contributed by atoms with Crippen LogP contribution in [-0.4, -0.2) is 42.6 Å². The first-order chi connectivity index (χ1) is 9.60. The summed E-state index contributed by atoms with van der Waals surface area (Å²) < 4.78 is 5.55. The minimum atomic E-state index is -0.0426. The number of ether oxygens (including phenoxy) is 1. The molecule has 0 atom stereocenters. The van der Waals surface area contributed by atoms with E-state index in [0.717, 1.165) is 24.6 Å². The molecule has 1 aliphatic rings. The van der Waals surface area contributed by atoms with Crippen LogP contribution < -0.4 is 0 Å². The Bertz CT molecular complexity index is 475. The van der Waals surface area contributed by atoms with E-state index in [1.807, 2.05) is 6.92 Å². The van der Waals surface area contributed by atoms with Crippen LogP contribution in [0.3, 0.4) is 0 Å². The zero-order valence-electron chi connectivity index (χ0n) is 12.1. The largest absolute Gasteiger partial charge is 0.379 e. The lowest BCUT2D eigenvalue weighted by molar-refractivity contribution is 0.0681. The minimum Gasteiger partial charge on any atom is -0.379 e. The van der Waals surface area contributed by atoms with Gasteiger partial charge in [-0.3, -0.25) is 4.79 Å². The Morgan fingerprint density at radius 1 is 1.50 bits per heavy atom.